The molecule has 1 atom stereocenters. The highest BCUT2D eigenvalue weighted by molar-refractivity contribution is 5.94. The molecule has 0 aliphatic carbocycles. The Kier molecular flexibility index (Phi) is 6.10. The largest absolute Gasteiger partial charge is 0.497 e. The summed E-state index contributed by atoms with van der Waals surface area (Å²) in [5.74, 6) is 0.764. The molecule has 1 aliphatic rings. The molecular weight excluding hydrogens is 338 g/mol. The second kappa shape index (κ2) is 8.70. The summed E-state index contributed by atoms with van der Waals surface area (Å²) in [6, 6.07) is 17.6. The van der Waals surface area contributed by atoms with Gasteiger partial charge in [-0.3, -0.25) is 9.69 Å². The van der Waals surface area contributed by atoms with E-state index in [0.29, 0.717) is 31.7 Å². The molecule has 140 valence electrons. The molecule has 1 unspecified atom stereocenters. The SMILES string of the molecule is CCc1ccc(C(C#N)N2CCN(C(=O)c3ccc(OC)cc3)CC2)cc1. The summed E-state index contributed by atoms with van der Waals surface area (Å²) < 4.78 is 5.14. The van der Waals surface area contributed by atoms with Crippen LogP contribution in [0.5, 0.6) is 5.75 Å². The Morgan fingerprint density at radius 1 is 1.07 bits per heavy atom. The van der Waals surface area contributed by atoms with E-state index in [9.17, 15) is 10.1 Å². The van der Waals surface area contributed by atoms with Gasteiger partial charge in [0, 0.05) is 31.7 Å². The molecule has 1 saturated heterocycles. The van der Waals surface area contributed by atoms with Crippen LogP contribution in [0.1, 0.15) is 34.5 Å². The summed E-state index contributed by atoms with van der Waals surface area (Å²) in [6.45, 7) is 4.74. The van der Waals surface area contributed by atoms with Gasteiger partial charge in [0.05, 0.1) is 13.2 Å². The lowest BCUT2D eigenvalue weighted by Crippen LogP contribution is -2.49. The van der Waals surface area contributed by atoms with E-state index in [-0.39, 0.29) is 11.9 Å². The summed E-state index contributed by atoms with van der Waals surface area (Å²) in [7, 11) is 1.61. The number of amides is 1. The molecule has 0 bridgehead atoms. The molecular formula is C22H25N3O2. The molecule has 5 nitrogen and oxygen atoms in total. The zero-order valence-electron chi connectivity index (χ0n) is 15.9. The minimum Gasteiger partial charge on any atom is -0.497 e. The van der Waals surface area contributed by atoms with E-state index in [0.717, 1.165) is 17.7 Å². The van der Waals surface area contributed by atoms with E-state index in [1.165, 1.54) is 5.56 Å². The standard InChI is InChI=1S/C22H25N3O2/c1-3-17-4-6-18(7-5-17)21(16-23)24-12-14-25(15-13-24)22(26)19-8-10-20(27-2)11-9-19/h4-11,21H,3,12-15H2,1-2H3. The number of carbonyl (C=O) groups excluding carboxylic acids is 1. The number of methoxy groups -OCH3 is 1. The van der Waals surface area contributed by atoms with Crippen molar-refractivity contribution in [1.82, 2.24) is 9.80 Å². The molecule has 0 aromatic heterocycles. The third-order valence-corrected chi connectivity index (χ3v) is 5.13. The van der Waals surface area contributed by atoms with E-state index < -0.39 is 0 Å². The molecule has 3 rings (SSSR count). The maximum absolute atomic E-state index is 12.7. The average Bonchev–Trinajstić information content (AvgIpc) is 2.75. The van der Waals surface area contributed by atoms with Crippen LogP contribution < -0.4 is 4.74 Å². The molecule has 0 spiro atoms. The van der Waals surface area contributed by atoms with Gasteiger partial charge in [-0.25, -0.2) is 0 Å². The first-order valence-corrected chi connectivity index (χ1v) is 9.32. The van der Waals surface area contributed by atoms with E-state index >= 15 is 0 Å². The Hall–Kier alpha value is -2.84. The van der Waals surface area contributed by atoms with Crippen LogP contribution in [0.25, 0.3) is 0 Å². The smallest absolute Gasteiger partial charge is 0.253 e. The summed E-state index contributed by atoms with van der Waals surface area (Å²) in [5, 5.41) is 9.68. The molecule has 0 saturated carbocycles. The lowest BCUT2D eigenvalue weighted by atomic mass is 10.0. The third-order valence-electron chi connectivity index (χ3n) is 5.13. The number of nitriles is 1. The highest BCUT2D eigenvalue weighted by Crippen LogP contribution is 2.23. The molecule has 0 radical (unpaired) electrons. The fourth-order valence-electron chi connectivity index (χ4n) is 3.40. The molecule has 1 fully saturated rings. The van der Waals surface area contributed by atoms with Gasteiger partial charge in [-0.05, 0) is 41.8 Å². The summed E-state index contributed by atoms with van der Waals surface area (Å²) >= 11 is 0. The van der Waals surface area contributed by atoms with Gasteiger partial charge in [-0.2, -0.15) is 5.26 Å². The quantitative estimate of drug-likeness (QED) is 0.818. The molecule has 2 aromatic rings. The van der Waals surface area contributed by atoms with Gasteiger partial charge in [-0.1, -0.05) is 31.2 Å². The van der Waals surface area contributed by atoms with Crippen LogP contribution in [-0.2, 0) is 6.42 Å². The van der Waals surface area contributed by atoms with Crippen molar-refractivity contribution < 1.29 is 9.53 Å². The van der Waals surface area contributed by atoms with Crippen LogP contribution in [0.15, 0.2) is 48.5 Å². The van der Waals surface area contributed by atoms with Crippen molar-refractivity contribution in [3.63, 3.8) is 0 Å². The molecule has 5 heteroatoms. The minimum atomic E-state index is -0.269. The maximum atomic E-state index is 12.7. The van der Waals surface area contributed by atoms with Crippen LogP contribution in [0.3, 0.4) is 0 Å². The number of carbonyl (C=O) groups is 1. The van der Waals surface area contributed by atoms with Crippen LogP contribution in [-0.4, -0.2) is 49.0 Å². The summed E-state index contributed by atoms with van der Waals surface area (Å²) in [6.07, 6.45) is 0.990. The van der Waals surface area contributed by atoms with E-state index in [1.54, 1.807) is 31.4 Å². The van der Waals surface area contributed by atoms with Crippen molar-refractivity contribution in [2.75, 3.05) is 33.3 Å². The fraction of sp³-hybridized carbons (Fsp3) is 0.364. The van der Waals surface area contributed by atoms with Gasteiger partial charge < -0.3 is 9.64 Å². The highest BCUT2D eigenvalue weighted by Gasteiger charge is 2.27. The zero-order valence-corrected chi connectivity index (χ0v) is 15.9. The van der Waals surface area contributed by atoms with Crippen molar-refractivity contribution in [3.05, 3.63) is 65.2 Å². The van der Waals surface area contributed by atoms with Crippen molar-refractivity contribution >= 4 is 5.91 Å². The van der Waals surface area contributed by atoms with Gasteiger partial charge in [0.2, 0.25) is 0 Å². The lowest BCUT2D eigenvalue weighted by molar-refractivity contribution is 0.0606. The number of ether oxygens (including phenoxy) is 1. The zero-order chi connectivity index (χ0) is 19.2. The monoisotopic (exact) mass is 363 g/mol. The molecule has 27 heavy (non-hydrogen) atoms. The Morgan fingerprint density at radius 2 is 1.70 bits per heavy atom. The Morgan fingerprint density at radius 3 is 2.22 bits per heavy atom. The van der Waals surface area contributed by atoms with Crippen LogP contribution >= 0.6 is 0 Å². The fourth-order valence-corrected chi connectivity index (χ4v) is 3.40. The molecule has 1 heterocycles. The van der Waals surface area contributed by atoms with E-state index in [2.05, 4.69) is 30.0 Å². The highest BCUT2D eigenvalue weighted by atomic mass is 16.5. The number of piperazine rings is 1. The number of hydrogen-bond acceptors (Lipinski definition) is 4. The average molecular weight is 363 g/mol. The number of benzene rings is 2. The Balaban J connectivity index is 1.62. The van der Waals surface area contributed by atoms with E-state index in [1.807, 2.05) is 17.0 Å². The molecule has 2 aromatic carbocycles. The van der Waals surface area contributed by atoms with Gasteiger partial charge in [-0.15, -0.1) is 0 Å². The Bertz CT molecular complexity index is 801. The predicted octanol–water partition coefficient (Wildman–Crippen LogP) is 3.28. The normalized spacial score (nSPS) is 15.8. The topological polar surface area (TPSA) is 56.6 Å². The first kappa shape index (κ1) is 18.9. The number of nitrogens with zero attached hydrogens (tertiary/aromatic N) is 3. The maximum Gasteiger partial charge on any atom is 0.253 e. The van der Waals surface area contributed by atoms with Gasteiger partial charge in [0.1, 0.15) is 11.8 Å². The van der Waals surface area contributed by atoms with E-state index in [4.69, 9.17) is 4.74 Å². The van der Waals surface area contributed by atoms with Crippen LogP contribution in [0, 0.1) is 11.3 Å². The third kappa shape index (κ3) is 4.29. The van der Waals surface area contributed by atoms with Crippen molar-refractivity contribution in [1.29, 1.82) is 5.26 Å². The van der Waals surface area contributed by atoms with Gasteiger partial charge in [0.25, 0.3) is 5.91 Å². The summed E-state index contributed by atoms with van der Waals surface area (Å²) in [4.78, 5) is 16.7. The van der Waals surface area contributed by atoms with Crippen LogP contribution in [0.2, 0.25) is 0 Å². The first-order valence-electron chi connectivity index (χ1n) is 9.32. The lowest BCUT2D eigenvalue weighted by Gasteiger charge is -2.37. The molecule has 1 amide bonds. The van der Waals surface area contributed by atoms with Crippen LogP contribution in [0.4, 0.5) is 0 Å². The van der Waals surface area contributed by atoms with Gasteiger partial charge >= 0.3 is 0 Å². The second-order valence-corrected chi connectivity index (χ2v) is 6.68. The van der Waals surface area contributed by atoms with Crippen molar-refractivity contribution in [2.45, 2.75) is 19.4 Å². The van der Waals surface area contributed by atoms with Gasteiger partial charge in [0.15, 0.2) is 0 Å². The number of rotatable bonds is 5. The number of aryl methyl sites for hydroxylation is 1. The minimum absolute atomic E-state index is 0.0260. The number of hydrogen-bond donors (Lipinski definition) is 0. The van der Waals surface area contributed by atoms with Crippen molar-refractivity contribution in [2.24, 2.45) is 0 Å². The first-order chi connectivity index (χ1) is 13.2. The summed E-state index contributed by atoms with van der Waals surface area (Å²) in [5.41, 5.74) is 2.95. The molecule has 1 aliphatic heterocycles. The van der Waals surface area contributed by atoms with Crippen molar-refractivity contribution in [3.8, 4) is 11.8 Å². The predicted molar refractivity (Wildman–Crippen MR) is 105 cm³/mol. The molecule has 0 N–H and O–H groups in total. The Labute approximate surface area is 160 Å². The second-order valence-electron chi connectivity index (χ2n) is 6.68.